The van der Waals surface area contributed by atoms with Crippen LogP contribution in [0.5, 0.6) is 28.7 Å². The molecule has 2 fully saturated rings. The second-order valence-corrected chi connectivity index (χ2v) is 13.3. The molecule has 0 saturated carbocycles. The number of piperazine rings is 1. The van der Waals surface area contributed by atoms with Crippen LogP contribution in [-0.2, 0) is 20.7 Å². The zero-order chi connectivity index (χ0) is 30.5. The standard InChI is InChI=1S/C31H36N2O9S/c1-12-7-16-8-17-30(36)33-18-9-39-31(37)13(2)10-43-29(23(33)22(32(17)5)19(16)24(35)25(12)38-6)21-20(18)28-27(40-11-41-28)14(3)26(21)42-15(4)34/h7,13,17-18,22-23,29-30,35-36H,8-11H2,1-6H3/t13?,17-,18+,22+,23?,29+,30-/m0/s1. The van der Waals surface area contributed by atoms with E-state index in [4.69, 9.17) is 23.7 Å². The Labute approximate surface area is 254 Å². The fourth-order valence-corrected chi connectivity index (χ4v) is 9.39. The van der Waals surface area contributed by atoms with Gasteiger partial charge in [0.15, 0.2) is 23.0 Å². The zero-order valence-corrected chi connectivity index (χ0v) is 25.8. The molecule has 7 atom stereocenters. The SMILES string of the molecule is COc1c(C)cc2c(c1O)[C@@H]1C3[C@@H]4SCC(C)C(=O)OC[C@H](c5c6c(c(C)c(OC(C)=O)c54)OCO6)N3[C@@H](O)[C@H](C2)N1C. The number of rotatable bonds is 2. The second-order valence-electron chi connectivity index (χ2n) is 12.1. The van der Waals surface area contributed by atoms with E-state index in [0.29, 0.717) is 46.3 Å². The van der Waals surface area contributed by atoms with Crippen molar-refractivity contribution in [1.29, 1.82) is 0 Å². The molecule has 0 spiro atoms. The molecule has 11 nitrogen and oxygen atoms in total. The molecule has 5 aliphatic rings. The third-order valence-electron chi connectivity index (χ3n) is 9.69. The number of methoxy groups -OCH3 is 1. The number of esters is 2. The van der Waals surface area contributed by atoms with Gasteiger partial charge in [-0.1, -0.05) is 13.0 Å². The van der Waals surface area contributed by atoms with Crippen LogP contribution in [0.1, 0.15) is 64.6 Å². The summed E-state index contributed by atoms with van der Waals surface area (Å²) >= 11 is 1.55. The number of hydrogen-bond acceptors (Lipinski definition) is 12. The Bertz CT molecular complexity index is 1550. The highest BCUT2D eigenvalue weighted by molar-refractivity contribution is 7.99. The molecule has 0 aromatic heterocycles. The number of phenols is 1. The summed E-state index contributed by atoms with van der Waals surface area (Å²) in [6, 6.07) is 0.299. The summed E-state index contributed by atoms with van der Waals surface area (Å²) in [5, 5.41) is 23.5. The van der Waals surface area contributed by atoms with Crippen molar-refractivity contribution < 1.29 is 43.5 Å². The van der Waals surface area contributed by atoms with Crippen molar-refractivity contribution in [3.05, 3.63) is 39.4 Å². The fraction of sp³-hybridized carbons (Fsp3) is 0.548. The van der Waals surface area contributed by atoms with E-state index in [2.05, 4.69) is 4.90 Å². The molecule has 43 heavy (non-hydrogen) atoms. The highest BCUT2D eigenvalue weighted by Crippen LogP contribution is 2.64. The molecule has 2 unspecified atom stereocenters. The lowest BCUT2D eigenvalue weighted by atomic mass is 9.73. The number of hydrogen-bond donors (Lipinski definition) is 2. The monoisotopic (exact) mass is 612 g/mol. The maximum Gasteiger partial charge on any atom is 0.309 e. The van der Waals surface area contributed by atoms with Crippen LogP contribution in [0, 0.1) is 19.8 Å². The van der Waals surface area contributed by atoms with Gasteiger partial charge in [0, 0.05) is 41.0 Å². The van der Waals surface area contributed by atoms with Crippen molar-refractivity contribution in [1.82, 2.24) is 9.80 Å². The minimum atomic E-state index is -0.947. The Kier molecular flexibility index (Phi) is 6.77. The molecule has 4 bridgehead atoms. The van der Waals surface area contributed by atoms with Crippen LogP contribution in [-0.4, -0.2) is 83.6 Å². The molecule has 2 aromatic carbocycles. The van der Waals surface area contributed by atoms with Gasteiger partial charge in [-0.25, -0.2) is 0 Å². The summed E-state index contributed by atoms with van der Waals surface area (Å²) in [6.45, 7) is 6.91. The number of likely N-dealkylation sites (N-methyl/N-ethyl adjacent to an activating group) is 1. The summed E-state index contributed by atoms with van der Waals surface area (Å²) in [5.41, 5.74) is 4.64. The Morgan fingerprint density at radius 1 is 1.12 bits per heavy atom. The van der Waals surface area contributed by atoms with Crippen LogP contribution in [0.25, 0.3) is 0 Å². The van der Waals surface area contributed by atoms with E-state index in [1.807, 2.05) is 38.8 Å². The predicted octanol–water partition coefficient (Wildman–Crippen LogP) is 3.29. The largest absolute Gasteiger partial charge is 0.504 e. The van der Waals surface area contributed by atoms with E-state index in [1.165, 1.54) is 6.92 Å². The molecule has 0 aliphatic carbocycles. The number of aliphatic hydroxyl groups is 1. The third-order valence-corrected chi connectivity index (χ3v) is 11.3. The van der Waals surface area contributed by atoms with Gasteiger partial charge in [-0.3, -0.25) is 19.4 Å². The van der Waals surface area contributed by atoms with Crippen molar-refractivity contribution in [2.75, 3.05) is 33.3 Å². The molecule has 0 amide bonds. The highest BCUT2D eigenvalue weighted by atomic mass is 32.2. The molecule has 2 aromatic rings. The number of nitrogens with zero attached hydrogens (tertiary/aromatic N) is 2. The first-order valence-corrected chi connectivity index (χ1v) is 15.6. The van der Waals surface area contributed by atoms with Gasteiger partial charge < -0.3 is 33.9 Å². The van der Waals surface area contributed by atoms with E-state index in [0.717, 1.165) is 22.3 Å². The van der Waals surface area contributed by atoms with Crippen molar-refractivity contribution in [2.45, 2.75) is 69.8 Å². The second kappa shape index (κ2) is 10.2. The van der Waals surface area contributed by atoms with Crippen molar-refractivity contribution in [2.24, 2.45) is 5.92 Å². The van der Waals surface area contributed by atoms with Gasteiger partial charge in [0.2, 0.25) is 6.79 Å². The number of cyclic esters (lactones) is 1. The lowest BCUT2D eigenvalue weighted by molar-refractivity contribution is -0.185. The fourth-order valence-electron chi connectivity index (χ4n) is 7.87. The number of ether oxygens (including phenoxy) is 5. The van der Waals surface area contributed by atoms with Crippen LogP contribution >= 0.6 is 11.8 Å². The van der Waals surface area contributed by atoms with Gasteiger partial charge in [-0.2, -0.15) is 11.8 Å². The molecule has 2 N–H and O–H groups in total. The molecule has 7 rings (SSSR count). The maximum atomic E-state index is 13.0. The van der Waals surface area contributed by atoms with Crippen molar-refractivity contribution >= 4 is 23.7 Å². The van der Waals surface area contributed by atoms with Crippen LogP contribution in [0.15, 0.2) is 6.07 Å². The van der Waals surface area contributed by atoms with Crippen LogP contribution in [0.2, 0.25) is 0 Å². The summed E-state index contributed by atoms with van der Waals surface area (Å²) in [7, 11) is 3.52. The predicted molar refractivity (Wildman–Crippen MR) is 156 cm³/mol. The number of aryl methyl sites for hydroxylation is 1. The molecule has 0 radical (unpaired) electrons. The van der Waals surface area contributed by atoms with Gasteiger partial charge in [0.1, 0.15) is 18.6 Å². The number of aliphatic hydroxyl groups excluding tert-OH is 1. The van der Waals surface area contributed by atoms with Crippen molar-refractivity contribution in [3.63, 3.8) is 0 Å². The summed E-state index contributed by atoms with van der Waals surface area (Å²) in [4.78, 5) is 29.7. The summed E-state index contributed by atoms with van der Waals surface area (Å²) < 4.78 is 29.5. The topological polar surface area (TPSA) is 127 Å². The first kappa shape index (κ1) is 28.6. The lowest BCUT2D eigenvalue weighted by Crippen LogP contribution is -2.69. The van der Waals surface area contributed by atoms with Crippen LogP contribution < -0.4 is 18.9 Å². The number of carbonyl (C=O) groups is 2. The van der Waals surface area contributed by atoms with Crippen LogP contribution in [0.4, 0.5) is 0 Å². The molecular weight excluding hydrogens is 576 g/mol. The van der Waals surface area contributed by atoms with Gasteiger partial charge in [-0.05, 0) is 38.4 Å². The summed E-state index contributed by atoms with van der Waals surface area (Å²) in [6.07, 6.45) is -0.443. The number of aromatic hydroxyl groups is 1. The maximum absolute atomic E-state index is 13.0. The Morgan fingerprint density at radius 2 is 1.86 bits per heavy atom. The Hall–Kier alpha value is -3.19. The number of thioether (sulfide) groups is 1. The van der Waals surface area contributed by atoms with Gasteiger partial charge in [-0.15, -0.1) is 0 Å². The van der Waals surface area contributed by atoms with E-state index in [9.17, 15) is 19.8 Å². The minimum Gasteiger partial charge on any atom is -0.504 e. The number of benzene rings is 2. The van der Waals surface area contributed by atoms with Crippen molar-refractivity contribution in [3.8, 4) is 28.7 Å². The van der Waals surface area contributed by atoms with Gasteiger partial charge >= 0.3 is 11.9 Å². The van der Waals surface area contributed by atoms with E-state index in [-0.39, 0.29) is 43.1 Å². The Balaban J connectivity index is 1.54. The number of phenolic OH excluding ortho intramolecular Hbond substituents is 1. The molecular formula is C31H36N2O9S. The molecule has 12 heteroatoms. The van der Waals surface area contributed by atoms with E-state index >= 15 is 0 Å². The average molecular weight is 613 g/mol. The molecule has 230 valence electrons. The van der Waals surface area contributed by atoms with Gasteiger partial charge in [0.05, 0.1) is 36.4 Å². The van der Waals surface area contributed by atoms with Gasteiger partial charge in [0.25, 0.3) is 0 Å². The lowest BCUT2D eigenvalue weighted by Gasteiger charge is -2.62. The average Bonchev–Trinajstić information content (AvgIpc) is 3.45. The summed E-state index contributed by atoms with van der Waals surface area (Å²) in [5.74, 6) is 1.15. The van der Waals surface area contributed by atoms with E-state index in [1.54, 1.807) is 18.9 Å². The minimum absolute atomic E-state index is 0.00610. The third kappa shape index (κ3) is 3.99. The van der Waals surface area contributed by atoms with E-state index < -0.39 is 29.5 Å². The zero-order valence-electron chi connectivity index (χ0n) is 25.0. The quantitative estimate of drug-likeness (QED) is 0.382. The highest BCUT2D eigenvalue weighted by Gasteiger charge is 2.60. The molecule has 5 heterocycles. The normalized spacial score (nSPS) is 31.0. The first-order valence-electron chi connectivity index (χ1n) is 14.5. The smallest absolute Gasteiger partial charge is 0.309 e. The molecule has 2 saturated heterocycles. The number of fused-ring (bicyclic) bond motifs is 9. The first-order chi connectivity index (χ1) is 20.5. The number of carbonyl (C=O) groups excluding carboxylic acids is 2. The molecule has 5 aliphatic heterocycles. The Morgan fingerprint density at radius 3 is 2.58 bits per heavy atom. The van der Waals surface area contributed by atoms with Crippen LogP contribution in [0.3, 0.4) is 0 Å².